The average molecular weight is 173 g/mol. The van der Waals surface area contributed by atoms with Crippen molar-refractivity contribution in [2.45, 2.75) is 6.92 Å². The van der Waals surface area contributed by atoms with Gasteiger partial charge >= 0.3 is 2.85 Å². The lowest BCUT2D eigenvalue weighted by Crippen LogP contribution is -2.11. The molecule has 0 fully saturated rings. The van der Waals surface area contributed by atoms with Gasteiger partial charge in [-0.05, 0) is 0 Å². The molecule has 0 aliphatic carbocycles. The van der Waals surface area contributed by atoms with Crippen molar-refractivity contribution < 1.29 is 26.9 Å². The zero-order valence-corrected chi connectivity index (χ0v) is 6.63. The van der Waals surface area contributed by atoms with E-state index in [1.165, 1.54) is 0 Å². The van der Waals surface area contributed by atoms with E-state index in [0.717, 1.165) is 6.54 Å². The van der Waals surface area contributed by atoms with E-state index in [-0.39, 0.29) is 2.85 Å². The van der Waals surface area contributed by atoms with E-state index in [1.54, 1.807) is 7.11 Å². The van der Waals surface area contributed by atoms with E-state index in [4.69, 9.17) is 19.2 Å². The van der Waals surface area contributed by atoms with Gasteiger partial charge < -0.3 is 24.1 Å². The molecule has 0 spiro atoms. The smallest absolute Gasteiger partial charge is 0.790 e. The molecule has 0 heterocycles. The van der Waals surface area contributed by atoms with Crippen molar-refractivity contribution in [1.82, 2.24) is 5.48 Å². The van der Waals surface area contributed by atoms with E-state index in [2.05, 4.69) is 10.3 Å². The Kier molecular flexibility index (Phi) is 9.06. The summed E-state index contributed by atoms with van der Waals surface area (Å²) in [4.78, 5) is 28.7. The monoisotopic (exact) mass is 173 g/mol. The minimum absolute atomic E-state index is 0. The van der Waals surface area contributed by atoms with Gasteiger partial charge in [-0.15, -0.1) is 0 Å². The van der Waals surface area contributed by atoms with E-state index in [1.807, 2.05) is 6.92 Å². The van der Waals surface area contributed by atoms with Crippen molar-refractivity contribution in [2.24, 2.45) is 0 Å². The minimum atomic E-state index is -5.14. The molecule has 0 bridgehead atoms. The highest BCUT2D eigenvalue weighted by molar-refractivity contribution is 7.42. The lowest BCUT2D eigenvalue weighted by atomic mass is 10.8. The second-order valence-corrected chi connectivity index (χ2v) is 2.11. The summed E-state index contributed by atoms with van der Waals surface area (Å²) in [6, 6.07) is 0. The summed E-state index contributed by atoms with van der Waals surface area (Å²) < 4.78 is 8.66. The molecule has 0 saturated heterocycles. The molecule has 0 rings (SSSR count). The van der Waals surface area contributed by atoms with Gasteiger partial charge in [0, 0.05) is 6.54 Å². The van der Waals surface area contributed by atoms with Crippen LogP contribution in [0.4, 0.5) is 0 Å². The van der Waals surface area contributed by atoms with Gasteiger partial charge in [0.25, 0.3) is 0 Å². The summed E-state index contributed by atoms with van der Waals surface area (Å²) in [5.74, 6) is 0. The van der Waals surface area contributed by atoms with Gasteiger partial charge in [-0.3, -0.25) is 0 Å². The fourth-order valence-corrected chi connectivity index (χ4v) is 0.144. The molecule has 0 aliphatic heterocycles. The molecule has 0 aliphatic rings. The second kappa shape index (κ2) is 7.14. The summed E-state index contributed by atoms with van der Waals surface area (Å²) in [6.45, 7) is 2.85. The zero-order valence-electron chi connectivity index (χ0n) is 7.73. The van der Waals surface area contributed by atoms with Gasteiger partial charge in [-0.2, -0.15) is 0 Å². The highest BCUT2D eigenvalue weighted by Crippen LogP contribution is 2.11. The summed E-state index contributed by atoms with van der Waals surface area (Å²) in [5.41, 5.74) is 2.61. The van der Waals surface area contributed by atoms with E-state index < -0.39 is 7.82 Å². The third kappa shape index (κ3) is 96.3. The van der Waals surface area contributed by atoms with Crippen LogP contribution in [0.2, 0.25) is 0 Å². The van der Waals surface area contributed by atoms with E-state index in [9.17, 15) is 0 Å². The van der Waals surface area contributed by atoms with Gasteiger partial charge in [-0.25, -0.2) is 5.48 Å². The lowest BCUT2D eigenvalue weighted by molar-refractivity contribution is -0.337. The van der Waals surface area contributed by atoms with E-state index in [0.29, 0.717) is 0 Å². The molecule has 0 aromatic heterocycles. The van der Waals surface area contributed by atoms with Crippen LogP contribution in [0.25, 0.3) is 0 Å². The van der Waals surface area contributed by atoms with Crippen LogP contribution in [0, 0.1) is 0 Å². The van der Waals surface area contributed by atoms with Gasteiger partial charge in [0.15, 0.2) is 0 Å². The molecule has 64 valence electrons. The van der Waals surface area contributed by atoms with Crippen molar-refractivity contribution in [3.63, 3.8) is 0 Å². The quantitative estimate of drug-likeness (QED) is 0.376. The predicted octanol–water partition coefficient (Wildman–Crippen LogP) is -1.81. The van der Waals surface area contributed by atoms with Gasteiger partial charge in [-0.1, -0.05) is 6.92 Å². The molecule has 0 unspecified atom stereocenters. The van der Waals surface area contributed by atoms with Gasteiger partial charge in [0.2, 0.25) is 0 Å². The molecule has 10 heavy (non-hydrogen) atoms. The molecule has 6 nitrogen and oxygen atoms in total. The third-order valence-electron chi connectivity index (χ3n) is 0.289. The van der Waals surface area contributed by atoms with Crippen LogP contribution in [-0.2, 0) is 9.40 Å². The number of nitrogens with one attached hydrogen (secondary N) is 1. The molecular weight excluding hydrogens is 161 g/mol. The van der Waals surface area contributed by atoms with Crippen molar-refractivity contribution in [3.05, 3.63) is 0 Å². The molecule has 7 heteroatoms. The Morgan fingerprint density at radius 1 is 1.80 bits per heavy atom. The highest BCUT2D eigenvalue weighted by atomic mass is 31.2. The largest absolute Gasteiger partial charge is 1.00 e. The Morgan fingerprint density at radius 2 is 2.10 bits per heavy atom. The Hall–Kier alpha value is 0.0300. The van der Waals surface area contributed by atoms with Crippen molar-refractivity contribution in [3.8, 4) is 0 Å². The number of hydrogen-bond donors (Lipinski definition) is 2. The maximum atomic E-state index is 8.66. The second-order valence-electron chi connectivity index (χ2n) is 1.17. The lowest BCUT2D eigenvalue weighted by Gasteiger charge is -2.19. The topological polar surface area (TPSA) is 105 Å². The Balaban J connectivity index is -0.0000000457. The van der Waals surface area contributed by atoms with Crippen molar-refractivity contribution in [2.75, 3.05) is 13.7 Å². The van der Waals surface area contributed by atoms with Crippen LogP contribution in [0.5, 0.6) is 0 Å². The molecule has 0 amide bonds. The summed E-state index contributed by atoms with van der Waals surface area (Å²) >= 11 is 0. The normalized spacial score (nSPS) is 10.1. The first-order valence-corrected chi connectivity index (χ1v) is 3.92. The van der Waals surface area contributed by atoms with Crippen molar-refractivity contribution in [1.29, 1.82) is 0 Å². The third-order valence-corrected chi connectivity index (χ3v) is 0.289. The van der Waals surface area contributed by atoms with Gasteiger partial charge in [0.05, 0.1) is 14.9 Å². The first kappa shape index (κ1) is 12.7. The number of phosphoric acid groups is 1. The fourth-order valence-electron chi connectivity index (χ4n) is 0.144. The maximum Gasteiger partial charge on any atom is 1.00 e. The summed E-state index contributed by atoms with van der Waals surface area (Å²) in [5, 5.41) is 0. The Morgan fingerprint density at radius 3 is 2.10 bits per heavy atom. The standard InChI is InChI=1S/C3H9NO.H3O4P/c1-3-4-5-2;1-5(2,3)4/h4H,3H2,1-2H3;(H3,1,2,3,4). The Bertz CT molecular complexity index is 98.6. The van der Waals surface area contributed by atoms with E-state index >= 15 is 0 Å². The van der Waals surface area contributed by atoms with Gasteiger partial charge in [0.1, 0.15) is 0 Å². The SMILES string of the molecule is CCNOC.O=P([O-])([O-])O.[H+].[H+]. The van der Waals surface area contributed by atoms with Crippen LogP contribution in [0.15, 0.2) is 0 Å². The Labute approximate surface area is 62.0 Å². The highest BCUT2D eigenvalue weighted by Gasteiger charge is 1.64. The molecule has 2 N–H and O–H groups in total. The molecule has 0 saturated carbocycles. The predicted molar refractivity (Wildman–Crippen MR) is 32.7 cm³/mol. The maximum absolute atomic E-state index is 8.66. The van der Waals surface area contributed by atoms with Crippen LogP contribution in [-0.4, -0.2) is 18.5 Å². The first-order valence-electron chi connectivity index (χ1n) is 2.42. The van der Waals surface area contributed by atoms with Crippen LogP contribution in [0.1, 0.15) is 9.78 Å². The van der Waals surface area contributed by atoms with Crippen LogP contribution >= 0.6 is 7.82 Å². The molecular formula is C3H12NO5P. The fraction of sp³-hybridized carbons (Fsp3) is 1.00. The molecule has 0 aromatic carbocycles. The molecule has 0 atom stereocenters. The summed E-state index contributed by atoms with van der Waals surface area (Å²) in [7, 11) is -3.54. The summed E-state index contributed by atoms with van der Waals surface area (Å²) in [6.07, 6.45) is 0. The number of hydrogen-bond acceptors (Lipinski definition) is 5. The minimum Gasteiger partial charge on any atom is -0.790 e. The van der Waals surface area contributed by atoms with Crippen LogP contribution in [0.3, 0.4) is 0 Å². The zero-order chi connectivity index (χ0) is 8.62. The van der Waals surface area contributed by atoms with Crippen LogP contribution < -0.4 is 15.3 Å². The molecule has 0 radical (unpaired) electrons. The number of hydroxylamine groups is 1. The molecule has 0 aromatic rings. The van der Waals surface area contributed by atoms with Crippen molar-refractivity contribution >= 4 is 7.82 Å². The average Bonchev–Trinajstić information content (AvgIpc) is 1.63. The first-order chi connectivity index (χ1) is 4.41. The number of rotatable bonds is 2.